The molecule has 26 heavy (non-hydrogen) atoms. The molecule has 0 amide bonds. The Balaban J connectivity index is 1.78. The van der Waals surface area contributed by atoms with Gasteiger partial charge in [-0.1, -0.05) is 11.6 Å². The van der Waals surface area contributed by atoms with E-state index in [1.165, 1.54) is 11.3 Å². The van der Waals surface area contributed by atoms with Crippen molar-refractivity contribution in [2.45, 2.75) is 31.1 Å². The summed E-state index contributed by atoms with van der Waals surface area (Å²) in [4.78, 5) is 7.05. The molecule has 1 atom stereocenters. The van der Waals surface area contributed by atoms with Crippen molar-refractivity contribution in [2.24, 2.45) is 0 Å². The molecule has 0 spiro atoms. The second-order valence-corrected chi connectivity index (χ2v) is 12.0. The number of thiophene rings is 1. The van der Waals surface area contributed by atoms with Crippen molar-refractivity contribution >= 4 is 54.9 Å². The van der Waals surface area contributed by atoms with E-state index >= 15 is 0 Å². The second-order valence-electron chi connectivity index (χ2n) is 7.11. The third kappa shape index (κ3) is 2.52. The Morgan fingerprint density at radius 2 is 2.12 bits per heavy atom. The summed E-state index contributed by atoms with van der Waals surface area (Å²) >= 11 is 9.43. The van der Waals surface area contributed by atoms with Crippen molar-refractivity contribution in [2.75, 3.05) is 5.75 Å². The number of thiazole rings is 1. The van der Waals surface area contributed by atoms with Gasteiger partial charge < -0.3 is 5.32 Å². The van der Waals surface area contributed by atoms with Crippen molar-refractivity contribution in [3.05, 3.63) is 33.7 Å². The largest absolute Gasteiger partial charge is 0.362 e. The lowest BCUT2D eigenvalue weighted by Gasteiger charge is -2.42. The van der Waals surface area contributed by atoms with Crippen molar-refractivity contribution in [3.63, 3.8) is 0 Å². The summed E-state index contributed by atoms with van der Waals surface area (Å²) in [5.41, 5.74) is -0.143. The highest BCUT2D eigenvalue weighted by Gasteiger charge is 2.51. The SMILES string of the molecule is CC1(C)C(=N)N[C@](C)(c2sc(-c3cn4ccsc4n3)cc2Cl)CS1(=O)=O. The first-order valence-corrected chi connectivity index (χ1v) is 11.6. The van der Waals surface area contributed by atoms with E-state index in [0.29, 0.717) is 9.90 Å². The van der Waals surface area contributed by atoms with Gasteiger partial charge in [-0.25, -0.2) is 13.4 Å². The molecule has 0 radical (unpaired) electrons. The zero-order valence-electron chi connectivity index (χ0n) is 14.3. The van der Waals surface area contributed by atoms with Crippen LogP contribution in [-0.2, 0) is 15.4 Å². The fourth-order valence-electron chi connectivity index (χ4n) is 3.02. The zero-order valence-corrected chi connectivity index (χ0v) is 17.5. The van der Waals surface area contributed by atoms with Crippen LogP contribution in [0.3, 0.4) is 0 Å². The zero-order chi connectivity index (χ0) is 18.9. The molecule has 0 aromatic carbocycles. The lowest BCUT2D eigenvalue weighted by Crippen LogP contribution is -2.63. The molecule has 3 aromatic heterocycles. The van der Waals surface area contributed by atoms with Crippen LogP contribution in [0, 0.1) is 5.41 Å². The molecule has 1 aliphatic heterocycles. The van der Waals surface area contributed by atoms with Gasteiger partial charge in [0.25, 0.3) is 0 Å². The molecule has 4 heterocycles. The fourth-order valence-corrected chi connectivity index (χ4v) is 7.11. The molecule has 2 N–H and O–H groups in total. The van der Waals surface area contributed by atoms with E-state index in [1.54, 1.807) is 32.1 Å². The van der Waals surface area contributed by atoms with Crippen molar-refractivity contribution in [1.29, 1.82) is 5.41 Å². The molecule has 1 fully saturated rings. The number of amidine groups is 1. The lowest BCUT2D eigenvalue weighted by molar-refractivity contribution is 0.450. The predicted molar refractivity (Wildman–Crippen MR) is 107 cm³/mol. The van der Waals surface area contributed by atoms with Gasteiger partial charge in [0.15, 0.2) is 14.8 Å². The first-order valence-electron chi connectivity index (χ1n) is 7.85. The Morgan fingerprint density at radius 3 is 2.77 bits per heavy atom. The molecule has 1 aliphatic rings. The topological polar surface area (TPSA) is 87.3 Å². The average molecular weight is 429 g/mol. The Bertz CT molecular complexity index is 1110. The van der Waals surface area contributed by atoms with Crippen molar-refractivity contribution in [1.82, 2.24) is 14.7 Å². The molecule has 4 rings (SSSR count). The van der Waals surface area contributed by atoms with Gasteiger partial charge in [0.05, 0.1) is 26.1 Å². The molecular weight excluding hydrogens is 412 g/mol. The average Bonchev–Trinajstić information content (AvgIpc) is 3.18. The number of rotatable bonds is 2. The number of hydrogen-bond donors (Lipinski definition) is 2. The minimum atomic E-state index is -3.51. The van der Waals surface area contributed by atoms with Gasteiger partial charge in [-0.3, -0.25) is 9.81 Å². The third-order valence-corrected chi connectivity index (χ3v) is 10.1. The van der Waals surface area contributed by atoms with Crippen LogP contribution in [0.2, 0.25) is 5.02 Å². The number of sulfone groups is 1. The smallest absolute Gasteiger partial charge is 0.194 e. The summed E-state index contributed by atoms with van der Waals surface area (Å²) in [6.45, 7) is 4.88. The van der Waals surface area contributed by atoms with E-state index < -0.39 is 20.1 Å². The van der Waals surface area contributed by atoms with E-state index in [2.05, 4.69) is 10.3 Å². The monoisotopic (exact) mass is 428 g/mol. The van der Waals surface area contributed by atoms with Gasteiger partial charge in [-0.2, -0.15) is 0 Å². The second kappa shape index (κ2) is 5.54. The third-order valence-electron chi connectivity index (χ3n) is 4.79. The Hall–Kier alpha value is -1.42. The summed E-state index contributed by atoms with van der Waals surface area (Å²) in [5, 5.41) is 13.7. The minimum Gasteiger partial charge on any atom is -0.362 e. The van der Waals surface area contributed by atoms with Crippen molar-refractivity contribution < 1.29 is 8.42 Å². The van der Waals surface area contributed by atoms with Gasteiger partial charge in [-0.05, 0) is 26.8 Å². The number of halogens is 1. The van der Waals surface area contributed by atoms with Crippen molar-refractivity contribution in [3.8, 4) is 10.6 Å². The maximum absolute atomic E-state index is 12.7. The normalized spacial score (nSPS) is 24.7. The minimum absolute atomic E-state index is 0.0141. The quantitative estimate of drug-likeness (QED) is 0.650. The summed E-state index contributed by atoms with van der Waals surface area (Å²) in [5.74, 6) is -0.132. The standard InChI is InChI=1S/C16H17ClN4O2S3/c1-15(2)13(18)20-16(3,8-26(15,22)23)12-9(17)6-11(25-12)10-7-21-4-5-24-14(21)19-10/h4-7H,8H2,1-3H3,(H2,18,20)/t16-/m0/s1. The molecular formula is C16H17ClN4O2S3. The molecule has 1 saturated heterocycles. The van der Waals surface area contributed by atoms with E-state index in [4.69, 9.17) is 17.0 Å². The maximum Gasteiger partial charge on any atom is 0.194 e. The van der Waals surface area contributed by atoms with E-state index in [9.17, 15) is 8.42 Å². The van der Waals surface area contributed by atoms with Crippen LogP contribution < -0.4 is 5.32 Å². The van der Waals surface area contributed by atoms with E-state index in [1.807, 2.05) is 28.2 Å². The maximum atomic E-state index is 12.7. The van der Waals surface area contributed by atoms with Crippen LogP contribution in [-0.4, -0.2) is 34.1 Å². The van der Waals surface area contributed by atoms with Gasteiger partial charge in [0, 0.05) is 17.8 Å². The van der Waals surface area contributed by atoms with Gasteiger partial charge in [-0.15, -0.1) is 22.7 Å². The number of aromatic nitrogens is 2. The number of imidazole rings is 1. The highest BCUT2D eigenvalue weighted by molar-refractivity contribution is 7.93. The highest BCUT2D eigenvalue weighted by Crippen LogP contribution is 2.43. The molecule has 0 saturated carbocycles. The number of hydrogen-bond acceptors (Lipinski definition) is 6. The summed E-state index contributed by atoms with van der Waals surface area (Å²) < 4.78 is 26.2. The molecule has 0 unspecified atom stereocenters. The number of nitrogens with one attached hydrogen (secondary N) is 2. The first kappa shape index (κ1) is 18.0. The Morgan fingerprint density at radius 1 is 1.38 bits per heavy atom. The predicted octanol–water partition coefficient (Wildman–Crippen LogP) is 3.77. The molecule has 0 aliphatic carbocycles. The summed E-state index contributed by atoms with van der Waals surface area (Å²) in [7, 11) is -3.51. The van der Waals surface area contributed by atoms with E-state index in [-0.39, 0.29) is 11.6 Å². The number of nitrogens with zero attached hydrogens (tertiary/aromatic N) is 2. The molecule has 3 aromatic rings. The van der Waals surface area contributed by atoms with Gasteiger partial charge in [0.1, 0.15) is 16.3 Å². The Kier molecular flexibility index (Phi) is 3.83. The van der Waals surface area contributed by atoms with Crippen LogP contribution in [0.5, 0.6) is 0 Å². The van der Waals surface area contributed by atoms with Gasteiger partial charge in [0.2, 0.25) is 0 Å². The van der Waals surface area contributed by atoms with Gasteiger partial charge >= 0.3 is 0 Å². The molecule has 10 heteroatoms. The molecule has 0 bridgehead atoms. The van der Waals surface area contributed by atoms with Crippen LogP contribution >= 0.6 is 34.3 Å². The molecule has 6 nitrogen and oxygen atoms in total. The first-order chi connectivity index (χ1) is 12.0. The van der Waals surface area contributed by atoms with E-state index in [0.717, 1.165) is 15.5 Å². The summed E-state index contributed by atoms with van der Waals surface area (Å²) in [6.07, 6.45) is 3.86. The molecule has 138 valence electrons. The fraction of sp³-hybridized carbons (Fsp3) is 0.375. The van der Waals surface area contributed by atoms with Crippen LogP contribution in [0.15, 0.2) is 23.8 Å². The number of fused-ring (bicyclic) bond motifs is 1. The van der Waals surface area contributed by atoms with Crippen LogP contribution in [0.1, 0.15) is 25.6 Å². The Labute approximate surface area is 164 Å². The van der Waals surface area contributed by atoms with Crippen LogP contribution in [0.25, 0.3) is 15.5 Å². The van der Waals surface area contributed by atoms with Crippen LogP contribution in [0.4, 0.5) is 0 Å². The highest BCUT2D eigenvalue weighted by atomic mass is 35.5. The lowest BCUT2D eigenvalue weighted by atomic mass is 10.00. The summed E-state index contributed by atoms with van der Waals surface area (Å²) in [6, 6.07) is 1.82.